The molecule has 1 amide bonds. The van der Waals surface area contributed by atoms with Gasteiger partial charge in [0.25, 0.3) is 5.91 Å². The number of alkyl halides is 3. The molecule has 1 rings (SSSR count). The quantitative estimate of drug-likeness (QED) is 0.714. The zero-order valence-electron chi connectivity index (χ0n) is 9.39. The molecule has 0 unspecified atom stereocenters. The monoisotopic (exact) mass is 391 g/mol. The first-order valence-electron chi connectivity index (χ1n) is 4.98. The van der Waals surface area contributed by atoms with E-state index in [1.54, 1.807) is 12.1 Å². The average Bonchev–Trinajstić information content (AvgIpc) is 2.27. The van der Waals surface area contributed by atoms with Crippen LogP contribution < -0.4 is 0 Å². The number of amides is 1. The van der Waals surface area contributed by atoms with Crippen LogP contribution in [-0.4, -0.2) is 30.6 Å². The Balaban J connectivity index is 2.77. The Bertz CT molecular complexity index is 450. The molecule has 0 saturated carbocycles. The molecule has 0 bridgehead atoms. The lowest BCUT2D eigenvalue weighted by Crippen LogP contribution is -2.31. The van der Waals surface area contributed by atoms with E-state index in [1.807, 2.05) is 22.6 Å². The largest absolute Gasteiger partial charge is 0.390 e. The van der Waals surface area contributed by atoms with Gasteiger partial charge in [-0.15, -0.1) is 0 Å². The molecule has 0 spiro atoms. The first-order valence-corrected chi connectivity index (χ1v) is 6.43. The van der Waals surface area contributed by atoms with Crippen LogP contribution in [0.5, 0.6) is 0 Å². The van der Waals surface area contributed by atoms with E-state index in [0.717, 1.165) is 4.90 Å². The summed E-state index contributed by atoms with van der Waals surface area (Å²) in [7, 11) is 1.34. The molecule has 2 nitrogen and oxygen atoms in total. The van der Waals surface area contributed by atoms with E-state index in [1.165, 1.54) is 13.1 Å². The fourth-order valence-corrected chi connectivity index (χ4v) is 2.00. The van der Waals surface area contributed by atoms with Crippen molar-refractivity contribution in [1.82, 2.24) is 4.90 Å². The van der Waals surface area contributed by atoms with E-state index in [0.29, 0.717) is 14.2 Å². The Morgan fingerprint density at radius 2 is 2.06 bits per heavy atom. The summed E-state index contributed by atoms with van der Waals surface area (Å²) in [6.45, 7) is -0.370. The summed E-state index contributed by atoms with van der Waals surface area (Å²) in [5.74, 6) is -0.467. The topological polar surface area (TPSA) is 20.3 Å². The molecule has 0 aromatic heterocycles. The van der Waals surface area contributed by atoms with Gasteiger partial charge >= 0.3 is 6.18 Å². The lowest BCUT2D eigenvalue weighted by atomic mass is 10.2. The van der Waals surface area contributed by atoms with Crippen molar-refractivity contribution in [3.63, 3.8) is 0 Å². The molecule has 1 aromatic carbocycles. The molecule has 100 valence electrons. The molecule has 0 saturated heterocycles. The summed E-state index contributed by atoms with van der Waals surface area (Å²) in [5, 5.41) is 0.378. The number of hydrogen-bond acceptors (Lipinski definition) is 1. The van der Waals surface area contributed by atoms with Gasteiger partial charge in [0.2, 0.25) is 0 Å². The first-order chi connectivity index (χ1) is 8.20. The Kier molecular flexibility index (Phi) is 5.27. The number of hydrogen-bond donors (Lipinski definition) is 0. The summed E-state index contributed by atoms with van der Waals surface area (Å²) in [6.07, 6.45) is -5.29. The van der Waals surface area contributed by atoms with Gasteiger partial charge in [0.05, 0.1) is 12.0 Å². The maximum absolute atomic E-state index is 12.1. The number of benzene rings is 1. The minimum absolute atomic E-state index is 0.313. The fraction of sp³-hybridized carbons (Fsp3) is 0.364. The highest BCUT2D eigenvalue weighted by Gasteiger charge is 2.28. The van der Waals surface area contributed by atoms with Crippen molar-refractivity contribution < 1.29 is 18.0 Å². The SMILES string of the molecule is CN(CCC(F)(F)F)C(=O)c1cc(Cl)ccc1I. The average molecular weight is 392 g/mol. The van der Waals surface area contributed by atoms with Gasteiger partial charge in [-0.25, -0.2) is 0 Å². The van der Waals surface area contributed by atoms with Crippen LogP contribution in [-0.2, 0) is 0 Å². The molecular weight excluding hydrogens is 381 g/mol. The molecule has 0 aliphatic rings. The third-order valence-corrected chi connectivity index (χ3v) is 3.41. The Hall–Kier alpha value is -0.500. The van der Waals surface area contributed by atoms with Gasteiger partial charge in [-0.3, -0.25) is 4.79 Å². The molecular formula is C11H10ClF3INO. The van der Waals surface area contributed by atoms with Crippen molar-refractivity contribution in [2.24, 2.45) is 0 Å². The van der Waals surface area contributed by atoms with Crippen molar-refractivity contribution in [2.45, 2.75) is 12.6 Å². The van der Waals surface area contributed by atoms with Gasteiger partial charge in [-0.05, 0) is 40.8 Å². The fourth-order valence-electron chi connectivity index (χ4n) is 1.26. The Morgan fingerprint density at radius 3 is 2.61 bits per heavy atom. The van der Waals surface area contributed by atoms with Crippen molar-refractivity contribution >= 4 is 40.1 Å². The predicted octanol–water partition coefficient (Wildman–Crippen LogP) is 3.97. The first kappa shape index (κ1) is 15.6. The lowest BCUT2D eigenvalue weighted by Gasteiger charge is -2.19. The molecule has 0 heterocycles. The highest BCUT2D eigenvalue weighted by molar-refractivity contribution is 14.1. The van der Waals surface area contributed by atoms with Crippen LogP contribution in [0, 0.1) is 3.57 Å². The van der Waals surface area contributed by atoms with Gasteiger partial charge < -0.3 is 4.90 Å². The zero-order valence-corrected chi connectivity index (χ0v) is 12.3. The van der Waals surface area contributed by atoms with Crippen LogP contribution in [0.25, 0.3) is 0 Å². The van der Waals surface area contributed by atoms with Gasteiger partial charge in [0.1, 0.15) is 0 Å². The van der Waals surface area contributed by atoms with Crippen LogP contribution >= 0.6 is 34.2 Å². The number of halogens is 5. The smallest absolute Gasteiger partial charge is 0.341 e. The minimum Gasteiger partial charge on any atom is -0.341 e. The molecule has 7 heteroatoms. The van der Waals surface area contributed by atoms with Crippen molar-refractivity contribution in [3.8, 4) is 0 Å². The molecule has 0 fully saturated rings. The third-order valence-electron chi connectivity index (χ3n) is 2.24. The van der Waals surface area contributed by atoms with Crippen LogP contribution in [0.2, 0.25) is 5.02 Å². The normalized spacial score (nSPS) is 11.4. The van der Waals surface area contributed by atoms with E-state index in [4.69, 9.17) is 11.6 Å². The van der Waals surface area contributed by atoms with E-state index in [-0.39, 0.29) is 6.54 Å². The second kappa shape index (κ2) is 6.10. The summed E-state index contributed by atoms with van der Waals surface area (Å²) < 4.78 is 36.8. The Labute approximate surface area is 121 Å². The van der Waals surface area contributed by atoms with Crippen molar-refractivity contribution in [2.75, 3.05) is 13.6 Å². The van der Waals surface area contributed by atoms with E-state index < -0.39 is 18.5 Å². The van der Waals surface area contributed by atoms with E-state index in [9.17, 15) is 18.0 Å². The van der Waals surface area contributed by atoms with Crippen LogP contribution in [0.15, 0.2) is 18.2 Å². The van der Waals surface area contributed by atoms with Crippen LogP contribution in [0.4, 0.5) is 13.2 Å². The third kappa shape index (κ3) is 4.64. The van der Waals surface area contributed by atoms with Crippen molar-refractivity contribution in [1.29, 1.82) is 0 Å². The molecule has 18 heavy (non-hydrogen) atoms. The standard InChI is InChI=1S/C11H10ClF3INO/c1-17(5-4-11(13,14)15)10(18)8-6-7(12)2-3-9(8)16/h2-3,6H,4-5H2,1H3. The van der Waals surface area contributed by atoms with Crippen LogP contribution in [0.1, 0.15) is 16.8 Å². The van der Waals surface area contributed by atoms with Gasteiger partial charge in [0.15, 0.2) is 0 Å². The summed E-state index contributed by atoms with van der Waals surface area (Å²) >= 11 is 7.70. The zero-order chi connectivity index (χ0) is 13.9. The Morgan fingerprint density at radius 1 is 1.44 bits per heavy atom. The summed E-state index contributed by atoms with van der Waals surface area (Å²) in [5.41, 5.74) is 0.313. The summed E-state index contributed by atoms with van der Waals surface area (Å²) in [6, 6.07) is 4.72. The number of carbonyl (C=O) groups excluding carboxylic acids is 1. The molecule has 1 aromatic rings. The van der Waals surface area contributed by atoms with Gasteiger partial charge in [-0.1, -0.05) is 11.6 Å². The van der Waals surface area contributed by atoms with E-state index >= 15 is 0 Å². The number of rotatable bonds is 3. The maximum atomic E-state index is 12.1. The summed E-state index contributed by atoms with van der Waals surface area (Å²) in [4.78, 5) is 13.0. The molecule has 0 atom stereocenters. The van der Waals surface area contributed by atoms with Gasteiger partial charge in [-0.2, -0.15) is 13.2 Å². The van der Waals surface area contributed by atoms with E-state index in [2.05, 4.69) is 0 Å². The van der Waals surface area contributed by atoms with Gasteiger partial charge in [0, 0.05) is 22.2 Å². The van der Waals surface area contributed by atoms with Crippen LogP contribution in [0.3, 0.4) is 0 Å². The number of nitrogens with zero attached hydrogens (tertiary/aromatic N) is 1. The highest BCUT2D eigenvalue weighted by Crippen LogP contribution is 2.22. The van der Waals surface area contributed by atoms with Crippen molar-refractivity contribution in [3.05, 3.63) is 32.4 Å². The maximum Gasteiger partial charge on any atom is 0.390 e. The molecule has 0 N–H and O–H groups in total. The number of carbonyl (C=O) groups is 1. The predicted molar refractivity (Wildman–Crippen MR) is 71.8 cm³/mol. The molecule has 0 aliphatic carbocycles. The molecule has 0 radical (unpaired) electrons. The lowest BCUT2D eigenvalue weighted by molar-refractivity contribution is -0.136. The second-order valence-corrected chi connectivity index (χ2v) is 5.31. The second-order valence-electron chi connectivity index (χ2n) is 3.72. The highest BCUT2D eigenvalue weighted by atomic mass is 127. The minimum atomic E-state index is -4.27. The molecule has 0 aliphatic heterocycles.